The molecule has 0 spiro atoms. The molecule has 0 saturated heterocycles. The van der Waals surface area contributed by atoms with Gasteiger partial charge in [-0.1, -0.05) is 13.8 Å². The van der Waals surface area contributed by atoms with Gasteiger partial charge in [0.25, 0.3) is 0 Å². The summed E-state index contributed by atoms with van der Waals surface area (Å²) in [5, 5.41) is 13.3. The zero-order chi connectivity index (χ0) is 13.3. The van der Waals surface area contributed by atoms with Crippen LogP contribution in [0.1, 0.15) is 25.1 Å². The van der Waals surface area contributed by atoms with Gasteiger partial charge in [-0.25, -0.2) is 4.39 Å². The van der Waals surface area contributed by atoms with E-state index in [-0.39, 0.29) is 5.82 Å². The molecule has 1 aromatic heterocycles. The minimum absolute atomic E-state index is 0.275. The van der Waals surface area contributed by atoms with Crippen LogP contribution in [0.5, 0.6) is 0 Å². The Labute approximate surface area is 106 Å². The molecule has 1 aromatic carbocycles. The fourth-order valence-corrected chi connectivity index (χ4v) is 2.12. The number of hydrogen-bond donors (Lipinski definition) is 1. The third kappa shape index (κ3) is 2.09. The van der Waals surface area contributed by atoms with Gasteiger partial charge < -0.3 is 9.88 Å². The van der Waals surface area contributed by atoms with Gasteiger partial charge in [0, 0.05) is 36.1 Å². The molecule has 0 aliphatic heterocycles. The molecule has 0 aliphatic rings. The quantitative estimate of drug-likeness (QED) is 0.903. The molecule has 0 fully saturated rings. The third-order valence-corrected chi connectivity index (χ3v) is 3.06. The second-order valence-electron chi connectivity index (χ2n) is 4.70. The largest absolute Gasteiger partial charge is 0.335 e. The van der Waals surface area contributed by atoms with Gasteiger partial charge in [0.1, 0.15) is 17.6 Å². The Kier molecular flexibility index (Phi) is 3.35. The van der Waals surface area contributed by atoms with E-state index in [0.29, 0.717) is 18.3 Å². The van der Waals surface area contributed by atoms with Crippen molar-refractivity contribution in [3.8, 4) is 6.07 Å². The highest BCUT2D eigenvalue weighted by Gasteiger charge is 2.15. The molecule has 18 heavy (non-hydrogen) atoms. The van der Waals surface area contributed by atoms with Crippen LogP contribution in [0, 0.1) is 17.1 Å². The summed E-state index contributed by atoms with van der Waals surface area (Å²) >= 11 is 0. The van der Waals surface area contributed by atoms with Crippen LogP contribution in [0.4, 0.5) is 4.39 Å². The number of rotatable bonds is 3. The molecule has 2 rings (SSSR count). The van der Waals surface area contributed by atoms with E-state index in [2.05, 4.69) is 11.4 Å². The van der Waals surface area contributed by atoms with E-state index < -0.39 is 0 Å². The summed E-state index contributed by atoms with van der Waals surface area (Å²) < 4.78 is 15.2. The molecule has 2 aromatic rings. The summed E-state index contributed by atoms with van der Waals surface area (Å²) in [5.74, 6) is -0.275. The summed E-state index contributed by atoms with van der Waals surface area (Å²) in [6.07, 6.45) is 0. The lowest BCUT2D eigenvalue weighted by Crippen LogP contribution is -2.22. The highest BCUT2D eigenvalue weighted by atomic mass is 19.1. The lowest BCUT2D eigenvalue weighted by molar-refractivity contribution is 0.589. The Morgan fingerprint density at radius 3 is 2.78 bits per heavy atom. The van der Waals surface area contributed by atoms with Gasteiger partial charge in [0.2, 0.25) is 0 Å². The van der Waals surface area contributed by atoms with Gasteiger partial charge in [-0.05, 0) is 18.2 Å². The molecule has 1 heterocycles. The second kappa shape index (κ2) is 4.79. The van der Waals surface area contributed by atoms with Crippen LogP contribution in [0.2, 0.25) is 0 Å². The molecule has 94 valence electrons. The van der Waals surface area contributed by atoms with Crippen LogP contribution in [0.3, 0.4) is 0 Å². The highest BCUT2D eigenvalue weighted by molar-refractivity contribution is 5.86. The average Bonchev–Trinajstić information content (AvgIpc) is 2.58. The van der Waals surface area contributed by atoms with E-state index in [1.807, 2.05) is 25.5 Å². The number of nitrogens with zero attached hydrogens (tertiary/aromatic N) is 2. The van der Waals surface area contributed by atoms with E-state index in [0.717, 1.165) is 16.5 Å². The van der Waals surface area contributed by atoms with Crippen LogP contribution < -0.4 is 5.32 Å². The number of fused-ring (bicyclic) bond motifs is 1. The van der Waals surface area contributed by atoms with E-state index in [1.165, 1.54) is 12.1 Å². The van der Waals surface area contributed by atoms with Crippen LogP contribution in [-0.2, 0) is 13.6 Å². The van der Waals surface area contributed by atoms with Crippen molar-refractivity contribution < 1.29 is 4.39 Å². The van der Waals surface area contributed by atoms with Crippen molar-refractivity contribution in [2.24, 2.45) is 7.05 Å². The summed E-state index contributed by atoms with van der Waals surface area (Å²) in [6.45, 7) is 4.65. The van der Waals surface area contributed by atoms with Crippen molar-refractivity contribution in [1.82, 2.24) is 9.88 Å². The van der Waals surface area contributed by atoms with E-state index in [1.54, 1.807) is 6.07 Å². The monoisotopic (exact) mass is 245 g/mol. The third-order valence-electron chi connectivity index (χ3n) is 3.06. The van der Waals surface area contributed by atoms with E-state index in [4.69, 9.17) is 0 Å². The molecule has 4 heteroatoms. The topological polar surface area (TPSA) is 40.8 Å². The van der Waals surface area contributed by atoms with Gasteiger partial charge in [0.05, 0.1) is 0 Å². The lowest BCUT2D eigenvalue weighted by atomic mass is 10.1. The van der Waals surface area contributed by atoms with Gasteiger partial charge in [-0.15, -0.1) is 0 Å². The number of hydrogen-bond acceptors (Lipinski definition) is 2. The molecular formula is C14H16FN3. The minimum Gasteiger partial charge on any atom is -0.335 e. The predicted molar refractivity (Wildman–Crippen MR) is 69.6 cm³/mol. The molecule has 1 N–H and O–H groups in total. The normalized spacial score (nSPS) is 11.1. The first-order valence-electron chi connectivity index (χ1n) is 5.95. The first-order valence-corrected chi connectivity index (χ1v) is 5.95. The van der Waals surface area contributed by atoms with Gasteiger partial charge in [-0.3, -0.25) is 0 Å². The smallest absolute Gasteiger partial charge is 0.125 e. The van der Waals surface area contributed by atoms with Crippen LogP contribution in [-0.4, -0.2) is 10.6 Å². The highest BCUT2D eigenvalue weighted by Crippen LogP contribution is 2.25. The molecule has 0 atom stereocenters. The summed E-state index contributed by atoms with van der Waals surface area (Å²) in [7, 11) is 1.83. The minimum atomic E-state index is -0.275. The Morgan fingerprint density at radius 1 is 1.44 bits per heavy atom. The van der Waals surface area contributed by atoms with Crippen molar-refractivity contribution >= 4 is 10.9 Å². The Balaban J connectivity index is 2.61. The molecular weight excluding hydrogens is 229 g/mol. The predicted octanol–water partition coefficient (Wildman–Crippen LogP) is 2.69. The van der Waals surface area contributed by atoms with Crippen LogP contribution in [0.25, 0.3) is 10.9 Å². The number of nitrogens with one attached hydrogen (secondary N) is 1. The van der Waals surface area contributed by atoms with Crippen molar-refractivity contribution in [3.05, 3.63) is 35.3 Å². The summed E-state index contributed by atoms with van der Waals surface area (Å²) in [5.41, 5.74) is 2.33. The Hall–Kier alpha value is -1.86. The van der Waals surface area contributed by atoms with Gasteiger partial charge in [0.15, 0.2) is 0 Å². The summed E-state index contributed by atoms with van der Waals surface area (Å²) in [6, 6.07) is 7.14. The van der Waals surface area contributed by atoms with E-state index >= 15 is 0 Å². The maximum atomic E-state index is 13.3. The van der Waals surface area contributed by atoms with Crippen LogP contribution >= 0.6 is 0 Å². The maximum absolute atomic E-state index is 13.3. The van der Waals surface area contributed by atoms with Crippen LogP contribution in [0.15, 0.2) is 18.2 Å². The number of aromatic nitrogens is 1. The fourth-order valence-electron chi connectivity index (χ4n) is 2.12. The molecule has 0 amide bonds. The Morgan fingerprint density at radius 2 is 2.17 bits per heavy atom. The van der Waals surface area contributed by atoms with Crippen molar-refractivity contribution in [1.29, 1.82) is 5.26 Å². The second-order valence-corrected chi connectivity index (χ2v) is 4.70. The van der Waals surface area contributed by atoms with Crippen molar-refractivity contribution in [2.45, 2.75) is 26.4 Å². The average molecular weight is 245 g/mol. The molecule has 0 saturated carbocycles. The molecule has 0 radical (unpaired) electrons. The number of halogens is 1. The van der Waals surface area contributed by atoms with Gasteiger partial charge >= 0.3 is 0 Å². The zero-order valence-corrected chi connectivity index (χ0v) is 10.8. The first-order chi connectivity index (χ1) is 8.54. The number of benzene rings is 1. The lowest BCUT2D eigenvalue weighted by Gasteiger charge is -2.07. The number of nitriles is 1. The molecule has 0 unspecified atom stereocenters. The summed E-state index contributed by atoms with van der Waals surface area (Å²) in [4.78, 5) is 0. The fraction of sp³-hybridized carbons (Fsp3) is 0.357. The van der Waals surface area contributed by atoms with Crippen molar-refractivity contribution in [3.63, 3.8) is 0 Å². The maximum Gasteiger partial charge on any atom is 0.125 e. The molecule has 0 aliphatic carbocycles. The van der Waals surface area contributed by atoms with Crippen molar-refractivity contribution in [2.75, 3.05) is 0 Å². The molecule has 3 nitrogen and oxygen atoms in total. The molecule has 0 bridgehead atoms. The van der Waals surface area contributed by atoms with E-state index in [9.17, 15) is 9.65 Å². The standard InChI is InChI=1S/C14H16FN3/c1-9(2)17-8-12-11-6-10(15)4-5-13(11)18(3)14(12)7-16/h4-6,9,17H,8H2,1-3H3. The first kappa shape index (κ1) is 12.6. The SMILES string of the molecule is CC(C)NCc1c(C#N)n(C)c2ccc(F)cc12. The number of aryl methyl sites for hydroxylation is 1. The Bertz CT molecular complexity index is 620. The zero-order valence-electron chi connectivity index (χ0n) is 10.8. The van der Waals surface area contributed by atoms with Gasteiger partial charge in [-0.2, -0.15) is 5.26 Å².